The summed E-state index contributed by atoms with van der Waals surface area (Å²) in [5, 5.41) is 2.84. The highest BCUT2D eigenvalue weighted by atomic mass is 32.2. The lowest BCUT2D eigenvalue weighted by Gasteiger charge is -2.03. The fraction of sp³-hybridized carbons (Fsp3) is 0.125. The summed E-state index contributed by atoms with van der Waals surface area (Å²) in [6.07, 6.45) is 0. The summed E-state index contributed by atoms with van der Waals surface area (Å²) in [4.78, 5) is 8.24. The summed E-state index contributed by atoms with van der Waals surface area (Å²) in [7, 11) is 1.65. The van der Waals surface area contributed by atoms with Crippen LogP contribution >= 0.6 is 24.0 Å². The number of methoxy groups -OCH3 is 1. The van der Waals surface area contributed by atoms with Crippen LogP contribution in [-0.4, -0.2) is 17.4 Å². The summed E-state index contributed by atoms with van der Waals surface area (Å²) in [6.45, 7) is 0. The molecule has 0 amide bonds. The number of aliphatic imine (C=N–C) groups is 2. The smallest absolute Gasteiger partial charge is 0.159 e. The Labute approximate surface area is 139 Å². The van der Waals surface area contributed by atoms with Gasteiger partial charge in [-0.2, -0.15) is 4.99 Å². The third kappa shape index (κ3) is 5.00. The molecule has 0 spiro atoms. The van der Waals surface area contributed by atoms with E-state index in [4.69, 9.17) is 10.5 Å². The van der Waals surface area contributed by atoms with E-state index >= 15 is 0 Å². The Morgan fingerprint density at radius 1 is 1.14 bits per heavy atom. The van der Waals surface area contributed by atoms with Crippen molar-refractivity contribution in [2.75, 3.05) is 7.11 Å². The molecule has 0 fully saturated rings. The summed E-state index contributed by atoms with van der Waals surface area (Å²) < 4.78 is 5.13. The van der Waals surface area contributed by atoms with Gasteiger partial charge in [0.1, 0.15) is 5.75 Å². The average molecular weight is 329 g/mol. The van der Waals surface area contributed by atoms with Crippen LogP contribution in [0.25, 0.3) is 0 Å². The Kier molecular flexibility index (Phi) is 6.15. The van der Waals surface area contributed by atoms with E-state index in [-0.39, 0.29) is 0 Å². The van der Waals surface area contributed by atoms with Crippen molar-refractivity contribution in [3.63, 3.8) is 0 Å². The fourth-order valence-electron chi connectivity index (χ4n) is 1.69. The van der Waals surface area contributed by atoms with Gasteiger partial charge in [-0.15, -0.1) is 0 Å². The third-order valence-electron chi connectivity index (χ3n) is 2.81. The second kappa shape index (κ2) is 8.34. The normalized spacial score (nSPS) is 10.9. The molecule has 0 saturated heterocycles. The Balaban J connectivity index is 1.95. The molecule has 2 N–H and O–H groups in total. The van der Waals surface area contributed by atoms with Crippen LogP contribution in [0.4, 0.5) is 11.4 Å². The quantitative estimate of drug-likeness (QED) is 0.504. The maximum atomic E-state index is 5.94. The van der Waals surface area contributed by atoms with Crippen LogP contribution in [0.2, 0.25) is 0 Å². The molecule has 2 rings (SSSR count). The zero-order valence-corrected chi connectivity index (χ0v) is 13.7. The van der Waals surface area contributed by atoms with Crippen LogP contribution in [0.1, 0.15) is 5.56 Å². The first-order valence-electron chi connectivity index (χ1n) is 6.49. The molecular formula is C16H15N3OS2. The molecule has 22 heavy (non-hydrogen) atoms. The first-order chi connectivity index (χ1) is 10.7. The van der Waals surface area contributed by atoms with Crippen LogP contribution in [0.5, 0.6) is 5.75 Å². The van der Waals surface area contributed by atoms with Crippen LogP contribution < -0.4 is 10.5 Å². The van der Waals surface area contributed by atoms with E-state index in [2.05, 4.69) is 27.4 Å². The molecule has 0 unspecified atom stereocenters. The highest BCUT2D eigenvalue weighted by Crippen LogP contribution is 2.21. The molecule has 6 heteroatoms. The highest BCUT2D eigenvalue weighted by Gasteiger charge is 1.99. The van der Waals surface area contributed by atoms with Gasteiger partial charge in [-0.3, -0.25) is 0 Å². The number of thiocarbonyl (C=S) groups is 1. The molecule has 0 aromatic heterocycles. The van der Waals surface area contributed by atoms with E-state index in [1.165, 1.54) is 11.8 Å². The van der Waals surface area contributed by atoms with Crippen LogP contribution in [0.3, 0.4) is 0 Å². The molecule has 0 heterocycles. The van der Waals surface area contributed by atoms with Crippen LogP contribution in [0.15, 0.2) is 58.5 Å². The van der Waals surface area contributed by atoms with E-state index in [1.54, 1.807) is 7.11 Å². The number of ether oxygens (including phenoxy) is 1. The van der Waals surface area contributed by atoms with Gasteiger partial charge in [0.05, 0.1) is 23.6 Å². The van der Waals surface area contributed by atoms with E-state index in [1.807, 2.05) is 48.5 Å². The van der Waals surface area contributed by atoms with E-state index in [0.717, 1.165) is 28.4 Å². The lowest BCUT2D eigenvalue weighted by molar-refractivity contribution is 0.414. The molecule has 2 aromatic rings. The Bertz CT molecular complexity index is 690. The number of amidine groups is 1. The zero-order chi connectivity index (χ0) is 15.8. The summed E-state index contributed by atoms with van der Waals surface area (Å²) in [6, 6.07) is 15.2. The minimum absolute atomic E-state index is 0.516. The average Bonchev–Trinajstić information content (AvgIpc) is 2.55. The number of nitrogens with two attached hydrogens (primary N) is 1. The monoisotopic (exact) mass is 329 g/mol. The van der Waals surface area contributed by atoms with Crippen LogP contribution in [-0.2, 0) is 5.75 Å². The van der Waals surface area contributed by atoms with Gasteiger partial charge in [0.25, 0.3) is 0 Å². The number of hydrogen-bond donors (Lipinski definition) is 1. The van der Waals surface area contributed by atoms with Crippen molar-refractivity contribution >= 4 is 45.7 Å². The summed E-state index contributed by atoms with van der Waals surface area (Å²) >= 11 is 6.04. The molecule has 4 nitrogen and oxygen atoms in total. The van der Waals surface area contributed by atoms with Gasteiger partial charge in [0.2, 0.25) is 0 Å². The molecule has 0 atom stereocenters. The first-order valence-corrected chi connectivity index (χ1v) is 7.88. The lowest BCUT2D eigenvalue weighted by atomic mass is 10.2. The van der Waals surface area contributed by atoms with Gasteiger partial charge in [0.15, 0.2) is 5.17 Å². The number of hydrogen-bond acceptors (Lipinski definition) is 5. The van der Waals surface area contributed by atoms with Gasteiger partial charge < -0.3 is 10.5 Å². The standard InChI is InChI=1S/C16H15N3OS2/c1-20-15-8-2-12(3-9-15)10-22-16(17)19-14-6-4-13(5-7-14)18-11-21/h2-9H,10H2,1H3,(H2,17,19). The Morgan fingerprint density at radius 2 is 1.77 bits per heavy atom. The van der Waals surface area contributed by atoms with Gasteiger partial charge in [0, 0.05) is 5.75 Å². The number of nitrogens with zero attached hydrogens (tertiary/aromatic N) is 2. The molecule has 0 bridgehead atoms. The van der Waals surface area contributed by atoms with E-state index in [9.17, 15) is 0 Å². The Morgan fingerprint density at radius 3 is 2.36 bits per heavy atom. The number of benzene rings is 2. The maximum Gasteiger partial charge on any atom is 0.159 e. The second-order valence-corrected chi connectivity index (χ2v) is 5.48. The minimum Gasteiger partial charge on any atom is -0.497 e. The van der Waals surface area contributed by atoms with Crippen molar-refractivity contribution in [2.45, 2.75) is 5.75 Å². The molecule has 112 valence electrons. The molecule has 2 aromatic carbocycles. The Hall–Kier alpha value is -2.14. The largest absolute Gasteiger partial charge is 0.497 e. The number of isothiocyanates is 1. The third-order valence-corrected chi connectivity index (χ3v) is 3.77. The zero-order valence-electron chi connectivity index (χ0n) is 12.0. The molecule has 0 aliphatic heterocycles. The van der Waals surface area contributed by atoms with Crippen molar-refractivity contribution in [3.8, 4) is 5.75 Å². The molecule has 0 aliphatic rings. The fourth-order valence-corrected chi connectivity index (χ4v) is 2.48. The predicted molar refractivity (Wildman–Crippen MR) is 96.7 cm³/mol. The van der Waals surface area contributed by atoms with Crippen LogP contribution in [0, 0.1) is 0 Å². The second-order valence-electron chi connectivity index (χ2n) is 4.31. The van der Waals surface area contributed by atoms with Crippen molar-refractivity contribution in [1.82, 2.24) is 0 Å². The highest BCUT2D eigenvalue weighted by molar-refractivity contribution is 8.13. The molecular weight excluding hydrogens is 314 g/mol. The van der Waals surface area contributed by atoms with Crippen molar-refractivity contribution < 1.29 is 4.74 Å². The van der Waals surface area contributed by atoms with E-state index < -0.39 is 0 Å². The topological polar surface area (TPSA) is 60.0 Å². The SMILES string of the molecule is COc1ccc(CSC(N)=Nc2ccc(N=C=S)cc2)cc1. The van der Waals surface area contributed by atoms with Gasteiger partial charge in [-0.05, 0) is 54.2 Å². The summed E-state index contributed by atoms with van der Waals surface area (Å²) in [5.41, 5.74) is 8.63. The van der Waals surface area contributed by atoms with Crippen molar-refractivity contribution in [1.29, 1.82) is 0 Å². The maximum absolute atomic E-state index is 5.94. The van der Waals surface area contributed by atoms with Crippen molar-refractivity contribution in [3.05, 3.63) is 54.1 Å². The molecule has 0 saturated carbocycles. The van der Waals surface area contributed by atoms with E-state index in [0.29, 0.717) is 5.17 Å². The molecule has 0 radical (unpaired) electrons. The number of rotatable bonds is 5. The summed E-state index contributed by atoms with van der Waals surface area (Å²) in [5.74, 6) is 1.60. The van der Waals surface area contributed by atoms with Gasteiger partial charge in [-0.1, -0.05) is 23.9 Å². The van der Waals surface area contributed by atoms with Crippen molar-refractivity contribution in [2.24, 2.45) is 15.7 Å². The van der Waals surface area contributed by atoms with Gasteiger partial charge >= 0.3 is 0 Å². The first kappa shape index (κ1) is 16.2. The van der Waals surface area contributed by atoms with Gasteiger partial charge in [-0.25, -0.2) is 4.99 Å². The number of thioether (sulfide) groups is 1. The predicted octanol–water partition coefficient (Wildman–Crippen LogP) is 4.31. The lowest BCUT2D eigenvalue weighted by Crippen LogP contribution is -2.06. The molecule has 0 aliphatic carbocycles. The minimum atomic E-state index is 0.516.